The third kappa shape index (κ3) is 0.0600. The van der Waals surface area contributed by atoms with Crippen molar-refractivity contribution in [3.63, 3.8) is 0 Å². The zero-order valence-electron chi connectivity index (χ0n) is 2.05. The van der Waals surface area contributed by atoms with Gasteiger partial charge in [-0.25, -0.2) is 5.06 Å². The topological polar surface area (TPSA) is 23.2 Å². The molecule has 0 atom stereocenters. The van der Waals surface area contributed by atoms with Crippen molar-refractivity contribution in [2.75, 3.05) is 0 Å². The van der Waals surface area contributed by atoms with E-state index in [1.165, 1.54) is 0 Å². The molecular weight excluding hydrogens is 54.0 g/mol. The molecule has 0 aromatic rings. The van der Waals surface area contributed by atoms with E-state index in [9.17, 15) is 0 Å². The van der Waals surface area contributed by atoms with E-state index < -0.39 is 0 Å². The SMILES string of the molecule is ON1C=C1. The van der Waals surface area contributed by atoms with Crippen LogP contribution in [0.3, 0.4) is 0 Å². The summed E-state index contributed by atoms with van der Waals surface area (Å²) in [6, 6.07) is 0. The van der Waals surface area contributed by atoms with Crippen LogP contribution in [0.1, 0.15) is 0 Å². The molecule has 0 saturated carbocycles. The van der Waals surface area contributed by atoms with Gasteiger partial charge in [0, 0.05) is 0 Å². The van der Waals surface area contributed by atoms with E-state index in [1.807, 2.05) is 0 Å². The predicted octanol–water partition coefficient (Wildman–Crippen LogP) is 0.162. The molecule has 4 heavy (non-hydrogen) atoms. The van der Waals surface area contributed by atoms with E-state index in [4.69, 9.17) is 5.21 Å². The smallest absolute Gasteiger partial charge is 0.0512 e. The summed E-state index contributed by atoms with van der Waals surface area (Å²) in [5.74, 6) is 0. The van der Waals surface area contributed by atoms with E-state index in [0.717, 1.165) is 5.06 Å². The summed E-state index contributed by atoms with van der Waals surface area (Å²) in [5.41, 5.74) is 0. The summed E-state index contributed by atoms with van der Waals surface area (Å²) < 4.78 is 0. The molecule has 0 unspecified atom stereocenters. The van der Waals surface area contributed by atoms with Gasteiger partial charge < -0.3 is 0 Å². The van der Waals surface area contributed by atoms with Crippen molar-refractivity contribution in [2.45, 2.75) is 0 Å². The monoisotopic (exact) mass is 57.0 g/mol. The maximum absolute atomic E-state index is 7.89. The van der Waals surface area contributed by atoms with Crippen LogP contribution in [0.2, 0.25) is 0 Å². The Morgan fingerprint density at radius 1 is 1.50 bits per heavy atom. The van der Waals surface area contributed by atoms with Gasteiger partial charge >= 0.3 is 0 Å². The molecule has 1 aliphatic heterocycles. The molecule has 0 aliphatic carbocycles. The summed E-state index contributed by atoms with van der Waals surface area (Å²) >= 11 is 0. The average molecular weight is 57.1 g/mol. The fourth-order valence-electron chi connectivity index (χ4n) is 0.0298. The standard InChI is InChI=1S/C2H3NO/c4-3-1-2-3/h1-2,4H. The lowest BCUT2D eigenvalue weighted by Crippen LogP contribution is -1.76. The zero-order valence-corrected chi connectivity index (χ0v) is 2.05. The Morgan fingerprint density at radius 3 is 1.75 bits per heavy atom. The van der Waals surface area contributed by atoms with Crippen LogP contribution in [0.4, 0.5) is 0 Å². The summed E-state index contributed by atoms with van der Waals surface area (Å²) in [4.78, 5) is 0. The van der Waals surface area contributed by atoms with Crippen LogP contribution >= 0.6 is 0 Å². The Morgan fingerprint density at radius 2 is 1.75 bits per heavy atom. The molecule has 1 heterocycles. The van der Waals surface area contributed by atoms with Crippen LogP contribution in [0.5, 0.6) is 0 Å². The maximum atomic E-state index is 7.89. The zero-order chi connectivity index (χ0) is 2.99. The van der Waals surface area contributed by atoms with Gasteiger partial charge in [0.15, 0.2) is 0 Å². The third-order valence-electron chi connectivity index (χ3n) is 0.282. The minimum absolute atomic E-state index is 1.00. The molecule has 0 amide bonds. The second-order valence-electron chi connectivity index (χ2n) is 0.678. The summed E-state index contributed by atoms with van der Waals surface area (Å²) in [7, 11) is 0. The normalized spacial score (nSPS) is 17.8. The highest BCUT2D eigenvalue weighted by Gasteiger charge is 1.93. The molecule has 0 fully saturated rings. The molecule has 1 aliphatic rings. The first-order valence-electron chi connectivity index (χ1n) is 1.05. The molecule has 2 heteroatoms. The largest absolute Gasteiger partial charge is 0.285 e. The van der Waals surface area contributed by atoms with Crippen LogP contribution in [-0.2, 0) is 0 Å². The number of hydroxylamine groups is 2. The fraction of sp³-hybridized carbons (Fsp3) is 0. The minimum Gasteiger partial charge on any atom is -0.285 e. The van der Waals surface area contributed by atoms with Gasteiger partial charge in [0.05, 0.1) is 12.4 Å². The van der Waals surface area contributed by atoms with Gasteiger partial charge in [-0.3, -0.25) is 5.21 Å². The third-order valence-corrected chi connectivity index (χ3v) is 0.282. The van der Waals surface area contributed by atoms with Crippen LogP contribution in [0, 0.1) is 0 Å². The molecule has 0 saturated heterocycles. The fourth-order valence-corrected chi connectivity index (χ4v) is 0.0298. The lowest BCUT2D eigenvalue weighted by molar-refractivity contribution is 0.0565. The molecule has 0 aromatic carbocycles. The first-order chi connectivity index (χ1) is 1.89. The molecular formula is C2H3NO. The summed E-state index contributed by atoms with van der Waals surface area (Å²) in [6.07, 6.45) is 3.11. The van der Waals surface area contributed by atoms with E-state index in [0.29, 0.717) is 0 Å². The van der Waals surface area contributed by atoms with E-state index in [1.54, 1.807) is 12.4 Å². The van der Waals surface area contributed by atoms with Crippen molar-refractivity contribution in [3.05, 3.63) is 12.4 Å². The van der Waals surface area contributed by atoms with Gasteiger partial charge in [-0.15, -0.1) is 0 Å². The van der Waals surface area contributed by atoms with E-state index in [2.05, 4.69) is 0 Å². The van der Waals surface area contributed by atoms with Crippen molar-refractivity contribution in [1.29, 1.82) is 0 Å². The van der Waals surface area contributed by atoms with Gasteiger partial charge in [0.25, 0.3) is 0 Å². The highest BCUT2D eigenvalue weighted by Crippen LogP contribution is 1.96. The van der Waals surface area contributed by atoms with Crippen molar-refractivity contribution >= 4 is 0 Å². The molecule has 1 N–H and O–H groups in total. The second-order valence-corrected chi connectivity index (χ2v) is 0.678. The molecule has 2 nitrogen and oxygen atoms in total. The highest BCUT2D eigenvalue weighted by molar-refractivity contribution is 4.92. The maximum Gasteiger partial charge on any atom is 0.0512 e. The van der Waals surface area contributed by atoms with Gasteiger partial charge in [0.1, 0.15) is 0 Å². The van der Waals surface area contributed by atoms with Crippen molar-refractivity contribution in [2.24, 2.45) is 0 Å². The molecule has 0 aromatic heterocycles. The number of hydrogen-bond donors (Lipinski definition) is 1. The van der Waals surface area contributed by atoms with Gasteiger partial charge in [-0.2, -0.15) is 0 Å². The van der Waals surface area contributed by atoms with E-state index >= 15 is 0 Å². The molecule has 0 spiro atoms. The highest BCUT2D eigenvalue weighted by atomic mass is 16.5. The van der Waals surface area contributed by atoms with Crippen molar-refractivity contribution in [1.82, 2.24) is 5.06 Å². The number of rotatable bonds is 0. The van der Waals surface area contributed by atoms with Crippen LogP contribution in [-0.4, -0.2) is 10.3 Å². The Labute approximate surface area is 23.9 Å². The summed E-state index contributed by atoms with van der Waals surface area (Å²) in [6.45, 7) is 0. The Bertz CT molecular complexity index is 44.0. The number of hydrogen-bond acceptors (Lipinski definition) is 2. The van der Waals surface area contributed by atoms with E-state index in [-0.39, 0.29) is 0 Å². The molecule has 22 valence electrons. The van der Waals surface area contributed by atoms with Crippen LogP contribution in [0.15, 0.2) is 12.4 Å². The van der Waals surface area contributed by atoms with Gasteiger partial charge in [-0.1, -0.05) is 0 Å². The average Bonchev–Trinajstić information content (AvgIpc) is 1.75. The quantitative estimate of drug-likeness (QED) is 0.428. The van der Waals surface area contributed by atoms with Gasteiger partial charge in [-0.05, 0) is 0 Å². The van der Waals surface area contributed by atoms with Gasteiger partial charge in [0.2, 0.25) is 0 Å². The lowest BCUT2D eigenvalue weighted by atomic mass is 11.3. The van der Waals surface area contributed by atoms with Crippen LogP contribution in [0.25, 0.3) is 0 Å². The van der Waals surface area contributed by atoms with Crippen LogP contribution < -0.4 is 0 Å². The molecule has 0 bridgehead atoms. The first kappa shape index (κ1) is 1.79. The summed E-state index contributed by atoms with van der Waals surface area (Å²) in [5, 5.41) is 8.89. The Hall–Kier alpha value is -0.500. The second kappa shape index (κ2) is 0.278. The van der Waals surface area contributed by atoms with Crippen molar-refractivity contribution in [3.8, 4) is 0 Å². The predicted molar refractivity (Wildman–Crippen MR) is 12.8 cm³/mol. The Kier molecular flexibility index (Phi) is 0.124. The number of nitrogens with zero attached hydrogens (tertiary/aromatic N) is 1. The minimum atomic E-state index is 1.00. The Balaban J connectivity index is 2.32. The molecule has 0 radical (unpaired) electrons. The van der Waals surface area contributed by atoms with Crippen molar-refractivity contribution < 1.29 is 5.21 Å². The lowest BCUT2D eigenvalue weighted by Gasteiger charge is -1.73. The molecule has 1 rings (SSSR count). The first-order valence-corrected chi connectivity index (χ1v) is 1.05.